The molecule has 2 rings (SSSR count). The number of Topliss-reactive ketones (excluding diaryl/α,β-unsaturated/α-hetero) is 1. The highest BCUT2D eigenvalue weighted by molar-refractivity contribution is 6.01. The van der Waals surface area contributed by atoms with Crippen LogP contribution in [0.1, 0.15) is 47.2 Å². The van der Waals surface area contributed by atoms with Crippen LogP contribution in [0.2, 0.25) is 0 Å². The van der Waals surface area contributed by atoms with Gasteiger partial charge >= 0.3 is 0 Å². The summed E-state index contributed by atoms with van der Waals surface area (Å²) < 4.78 is 0. The van der Waals surface area contributed by atoms with Gasteiger partial charge in [-0.05, 0) is 36.5 Å². The molecule has 0 fully saturated rings. The Hall–Kier alpha value is -1.31. The lowest BCUT2D eigenvalue weighted by molar-refractivity contribution is 0.0965. The van der Waals surface area contributed by atoms with Crippen molar-refractivity contribution in [3.8, 4) is 5.75 Å². The molecule has 74 valence electrons. The van der Waals surface area contributed by atoms with Crippen LogP contribution in [0.4, 0.5) is 0 Å². The first-order valence-electron chi connectivity index (χ1n) is 4.97. The van der Waals surface area contributed by atoms with Gasteiger partial charge in [0, 0.05) is 6.42 Å². The van der Waals surface area contributed by atoms with E-state index < -0.39 is 0 Å². The standard InChI is InChI=1S/C12H14O2/c1-7-3-5-9(13)12-10(14)6-4-8(2)11(7)12/h3,5,8,13H,4,6H2,1-2H3. The molecule has 1 aromatic rings. The van der Waals surface area contributed by atoms with Crippen LogP contribution in [0.25, 0.3) is 0 Å². The van der Waals surface area contributed by atoms with Crippen molar-refractivity contribution in [2.45, 2.75) is 32.6 Å². The van der Waals surface area contributed by atoms with Gasteiger partial charge in [-0.2, -0.15) is 0 Å². The van der Waals surface area contributed by atoms with Crippen molar-refractivity contribution in [3.63, 3.8) is 0 Å². The number of phenolic OH excluding ortho intramolecular Hbond substituents is 1. The average molecular weight is 190 g/mol. The van der Waals surface area contributed by atoms with E-state index in [1.54, 1.807) is 6.07 Å². The zero-order chi connectivity index (χ0) is 10.3. The van der Waals surface area contributed by atoms with Crippen LogP contribution in [0.15, 0.2) is 12.1 Å². The molecule has 1 aliphatic rings. The molecule has 0 bridgehead atoms. The van der Waals surface area contributed by atoms with Crippen molar-refractivity contribution in [2.75, 3.05) is 0 Å². The molecule has 0 saturated heterocycles. The number of benzene rings is 1. The Morgan fingerprint density at radius 1 is 1.43 bits per heavy atom. The van der Waals surface area contributed by atoms with Gasteiger partial charge < -0.3 is 5.11 Å². The normalized spacial score (nSPS) is 20.7. The lowest BCUT2D eigenvalue weighted by Crippen LogP contribution is -2.15. The van der Waals surface area contributed by atoms with E-state index in [-0.39, 0.29) is 11.5 Å². The molecule has 0 aliphatic heterocycles. The van der Waals surface area contributed by atoms with E-state index in [9.17, 15) is 9.90 Å². The Morgan fingerprint density at radius 3 is 2.79 bits per heavy atom. The van der Waals surface area contributed by atoms with Crippen molar-refractivity contribution in [3.05, 3.63) is 28.8 Å². The summed E-state index contributed by atoms with van der Waals surface area (Å²) in [5, 5.41) is 9.65. The fourth-order valence-electron chi connectivity index (χ4n) is 2.26. The highest BCUT2D eigenvalue weighted by Gasteiger charge is 2.26. The van der Waals surface area contributed by atoms with Crippen molar-refractivity contribution in [2.24, 2.45) is 0 Å². The maximum absolute atomic E-state index is 11.6. The van der Waals surface area contributed by atoms with Crippen LogP contribution >= 0.6 is 0 Å². The highest BCUT2D eigenvalue weighted by Crippen LogP contribution is 2.37. The number of aromatic hydroxyl groups is 1. The molecule has 0 spiro atoms. The second-order valence-corrected chi connectivity index (χ2v) is 4.05. The molecular weight excluding hydrogens is 176 g/mol. The minimum absolute atomic E-state index is 0.0827. The monoisotopic (exact) mass is 190 g/mol. The van der Waals surface area contributed by atoms with Crippen LogP contribution in [0, 0.1) is 6.92 Å². The maximum atomic E-state index is 11.6. The van der Waals surface area contributed by atoms with Gasteiger partial charge in [-0.3, -0.25) is 4.79 Å². The number of phenols is 1. The van der Waals surface area contributed by atoms with E-state index in [1.807, 2.05) is 13.0 Å². The Kier molecular flexibility index (Phi) is 2.06. The molecule has 1 aliphatic carbocycles. The zero-order valence-corrected chi connectivity index (χ0v) is 8.50. The summed E-state index contributed by atoms with van der Waals surface area (Å²) in [6.45, 7) is 4.10. The van der Waals surface area contributed by atoms with E-state index in [1.165, 1.54) is 0 Å². The molecule has 1 unspecified atom stereocenters. The molecule has 1 N–H and O–H groups in total. The topological polar surface area (TPSA) is 37.3 Å². The molecule has 1 aromatic carbocycles. The number of fused-ring (bicyclic) bond motifs is 1. The average Bonchev–Trinajstić information content (AvgIpc) is 2.16. The third-order valence-corrected chi connectivity index (χ3v) is 3.02. The third kappa shape index (κ3) is 1.22. The molecule has 14 heavy (non-hydrogen) atoms. The minimum Gasteiger partial charge on any atom is -0.507 e. The quantitative estimate of drug-likeness (QED) is 0.683. The number of ketones is 1. The van der Waals surface area contributed by atoms with Gasteiger partial charge in [0.15, 0.2) is 5.78 Å². The van der Waals surface area contributed by atoms with E-state index in [0.717, 1.165) is 17.5 Å². The molecule has 0 saturated carbocycles. The van der Waals surface area contributed by atoms with E-state index in [0.29, 0.717) is 17.9 Å². The first-order valence-corrected chi connectivity index (χ1v) is 4.97. The fraction of sp³-hybridized carbons (Fsp3) is 0.417. The maximum Gasteiger partial charge on any atom is 0.166 e. The summed E-state index contributed by atoms with van der Waals surface area (Å²) in [6, 6.07) is 3.49. The summed E-state index contributed by atoms with van der Waals surface area (Å²) in [4.78, 5) is 11.6. The van der Waals surface area contributed by atoms with Crippen molar-refractivity contribution in [1.82, 2.24) is 0 Å². The second kappa shape index (κ2) is 3.12. The van der Waals surface area contributed by atoms with Crippen LogP contribution in [0.5, 0.6) is 5.75 Å². The first kappa shape index (κ1) is 9.25. The molecular formula is C12H14O2. The Labute approximate surface area is 83.6 Å². The molecule has 0 radical (unpaired) electrons. The van der Waals surface area contributed by atoms with E-state index in [4.69, 9.17) is 0 Å². The second-order valence-electron chi connectivity index (χ2n) is 4.05. The van der Waals surface area contributed by atoms with Crippen molar-refractivity contribution < 1.29 is 9.90 Å². The van der Waals surface area contributed by atoms with E-state index >= 15 is 0 Å². The molecule has 2 heteroatoms. The third-order valence-electron chi connectivity index (χ3n) is 3.02. The fourth-order valence-corrected chi connectivity index (χ4v) is 2.26. The number of aryl methyl sites for hydroxylation is 1. The van der Waals surface area contributed by atoms with Crippen LogP contribution in [-0.4, -0.2) is 10.9 Å². The van der Waals surface area contributed by atoms with Gasteiger partial charge in [0.2, 0.25) is 0 Å². The smallest absolute Gasteiger partial charge is 0.166 e. The molecule has 0 heterocycles. The van der Waals surface area contributed by atoms with Gasteiger partial charge in [-0.15, -0.1) is 0 Å². The van der Waals surface area contributed by atoms with Gasteiger partial charge in [0.25, 0.3) is 0 Å². The summed E-state index contributed by atoms with van der Waals surface area (Å²) >= 11 is 0. The molecule has 0 aromatic heterocycles. The Morgan fingerprint density at radius 2 is 2.14 bits per heavy atom. The number of hydrogen-bond donors (Lipinski definition) is 1. The molecule has 2 nitrogen and oxygen atoms in total. The predicted molar refractivity (Wildman–Crippen MR) is 54.8 cm³/mol. The molecule has 0 amide bonds. The number of hydrogen-bond acceptors (Lipinski definition) is 2. The number of rotatable bonds is 0. The Bertz CT molecular complexity index is 394. The SMILES string of the molecule is Cc1ccc(O)c2c1C(C)CCC2=O. The summed E-state index contributed by atoms with van der Waals surface area (Å²) in [5.74, 6) is 0.608. The van der Waals surface area contributed by atoms with Gasteiger partial charge in [0.1, 0.15) is 5.75 Å². The summed E-state index contributed by atoms with van der Waals surface area (Å²) in [5.41, 5.74) is 2.71. The predicted octanol–water partition coefficient (Wildman–Crippen LogP) is 2.78. The van der Waals surface area contributed by atoms with Crippen LogP contribution in [0.3, 0.4) is 0 Å². The van der Waals surface area contributed by atoms with Crippen LogP contribution < -0.4 is 0 Å². The van der Waals surface area contributed by atoms with Gasteiger partial charge in [-0.1, -0.05) is 13.0 Å². The number of carbonyl (C=O) groups is 1. The number of carbonyl (C=O) groups excluding carboxylic acids is 1. The van der Waals surface area contributed by atoms with Crippen molar-refractivity contribution >= 4 is 5.78 Å². The van der Waals surface area contributed by atoms with Gasteiger partial charge in [0.05, 0.1) is 5.56 Å². The lowest BCUT2D eigenvalue weighted by atomic mass is 9.80. The summed E-state index contributed by atoms with van der Waals surface area (Å²) in [6.07, 6.45) is 1.46. The highest BCUT2D eigenvalue weighted by atomic mass is 16.3. The van der Waals surface area contributed by atoms with E-state index in [2.05, 4.69) is 6.92 Å². The largest absolute Gasteiger partial charge is 0.507 e. The minimum atomic E-state index is 0.0827. The zero-order valence-electron chi connectivity index (χ0n) is 8.50. The summed E-state index contributed by atoms with van der Waals surface area (Å²) in [7, 11) is 0. The van der Waals surface area contributed by atoms with Crippen LogP contribution in [-0.2, 0) is 0 Å². The van der Waals surface area contributed by atoms with Gasteiger partial charge in [-0.25, -0.2) is 0 Å². The van der Waals surface area contributed by atoms with Crippen molar-refractivity contribution in [1.29, 1.82) is 0 Å². The lowest BCUT2D eigenvalue weighted by Gasteiger charge is -2.23. The Balaban J connectivity index is 2.71. The molecule has 1 atom stereocenters. The first-order chi connectivity index (χ1) is 6.61.